The van der Waals surface area contributed by atoms with Crippen LogP contribution >= 0.6 is 0 Å². The molecule has 33 heavy (non-hydrogen) atoms. The number of benzene rings is 1. The van der Waals surface area contributed by atoms with E-state index in [2.05, 4.69) is 120 Å². The molecule has 2 nitrogen and oxygen atoms in total. The summed E-state index contributed by atoms with van der Waals surface area (Å²) in [5, 5.41) is 0. The number of nitrogens with zero attached hydrogens (tertiary/aromatic N) is 2. The number of hydrogen-bond donors (Lipinski definition) is 0. The summed E-state index contributed by atoms with van der Waals surface area (Å²) >= 11 is 0. The standard InChI is InChI=1S/C29H39N2.C2H6/c1-10-14-21-18-19-25-23(20-21)29(6,7)27(31(25)9)17-13-16-26-28(4,5)22(15-11-2)24(12-3)30(26)8;1-2/h11-13,15-20H,2,10,14H2,1,3-9H3;1-2H3/q+1;/b22-15+,24-12+;. The van der Waals surface area contributed by atoms with E-state index in [1.165, 1.54) is 45.9 Å². The summed E-state index contributed by atoms with van der Waals surface area (Å²) in [5.41, 5.74) is 9.32. The van der Waals surface area contributed by atoms with E-state index in [1.54, 1.807) is 0 Å². The van der Waals surface area contributed by atoms with E-state index < -0.39 is 0 Å². The van der Waals surface area contributed by atoms with E-state index in [9.17, 15) is 0 Å². The first-order chi connectivity index (χ1) is 15.6. The molecule has 0 amide bonds. The molecule has 0 aliphatic carbocycles. The van der Waals surface area contributed by atoms with Gasteiger partial charge in [0.15, 0.2) is 5.71 Å². The number of rotatable bonds is 5. The number of likely N-dealkylation sites (N-methyl/N-ethyl adjacent to an activating group) is 2. The Labute approximate surface area is 203 Å². The smallest absolute Gasteiger partial charge is 0.205 e. The van der Waals surface area contributed by atoms with Gasteiger partial charge in [-0.05, 0) is 56.5 Å². The lowest BCUT2D eigenvalue weighted by atomic mass is 9.80. The maximum atomic E-state index is 3.92. The second-order valence-corrected chi connectivity index (χ2v) is 9.76. The Bertz CT molecular complexity index is 1040. The van der Waals surface area contributed by atoms with Crippen molar-refractivity contribution in [3.8, 4) is 0 Å². The van der Waals surface area contributed by atoms with Crippen LogP contribution in [0, 0.1) is 5.41 Å². The zero-order valence-electron chi connectivity index (χ0n) is 22.7. The first-order valence-corrected chi connectivity index (χ1v) is 12.5. The molecule has 0 atom stereocenters. The minimum atomic E-state index is -0.0606. The second-order valence-electron chi connectivity index (χ2n) is 9.76. The summed E-state index contributed by atoms with van der Waals surface area (Å²) < 4.78 is 2.31. The summed E-state index contributed by atoms with van der Waals surface area (Å²) in [6, 6.07) is 6.98. The number of anilines is 1. The van der Waals surface area contributed by atoms with Crippen molar-refractivity contribution in [1.82, 2.24) is 0 Å². The Hall–Kier alpha value is -2.61. The van der Waals surface area contributed by atoms with Gasteiger partial charge in [-0.1, -0.05) is 78.0 Å². The maximum absolute atomic E-state index is 3.92. The van der Waals surface area contributed by atoms with E-state index in [4.69, 9.17) is 0 Å². The van der Waals surface area contributed by atoms with Gasteiger partial charge >= 0.3 is 0 Å². The predicted octanol–water partition coefficient (Wildman–Crippen LogP) is 7.97. The van der Waals surface area contributed by atoms with Gasteiger partial charge in [-0.25, -0.2) is 0 Å². The zero-order valence-corrected chi connectivity index (χ0v) is 22.7. The predicted molar refractivity (Wildman–Crippen MR) is 147 cm³/mol. The average molecular weight is 446 g/mol. The number of allylic oxidation sites excluding steroid dienone is 8. The second kappa shape index (κ2) is 10.5. The zero-order chi connectivity index (χ0) is 25.0. The third-order valence-electron chi connectivity index (χ3n) is 7.01. The molecule has 0 saturated heterocycles. The van der Waals surface area contributed by atoms with E-state index in [0.717, 1.165) is 6.42 Å². The van der Waals surface area contributed by atoms with Crippen LogP contribution in [-0.4, -0.2) is 24.4 Å². The van der Waals surface area contributed by atoms with E-state index in [0.29, 0.717) is 0 Å². The largest absolute Gasteiger partial charge is 0.347 e. The Balaban J connectivity index is 0.00000187. The number of hydrogen-bond acceptors (Lipinski definition) is 1. The number of aryl methyl sites for hydroxylation is 1. The minimum Gasteiger partial charge on any atom is -0.347 e. The molecule has 0 N–H and O–H groups in total. The van der Waals surface area contributed by atoms with E-state index in [1.807, 2.05) is 19.9 Å². The molecular formula is C31H45N2+. The third-order valence-corrected chi connectivity index (χ3v) is 7.01. The molecule has 0 spiro atoms. The van der Waals surface area contributed by atoms with Crippen molar-refractivity contribution in [2.45, 2.75) is 73.6 Å². The Morgan fingerprint density at radius 3 is 2.30 bits per heavy atom. The van der Waals surface area contributed by atoms with Crippen molar-refractivity contribution >= 4 is 11.4 Å². The van der Waals surface area contributed by atoms with Gasteiger partial charge in [0.25, 0.3) is 0 Å². The van der Waals surface area contributed by atoms with Gasteiger partial charge in [-0.15, -0.1) is 0 Å². The monoisotopic (exact) mass is 445 g/mol. The average Bonchev–Trinajstić information content (AvgIpc) is 3.08. The van der Waals surface area contributed by atoms with Crippen LogP contribution < -0.4 is 4.90 Å². The molecule has 0 radical (unpaired) electrons. The van der Waals surface area contributed by atoms with Gasteiger partial charge in [-0.2, -0.15) is 4.58 Å². The van der Waals surface area contributed by atoms with Crippen molar-refractivity contribution < 1.29 is 4.58 Å². The Kier molecular flexibility index (Phi) is 8.52. The highest BCUT2D eigenvalue weighted by Gasteiger charge is 2.45. The highest BCUT2D eigenvalue weighted by Crippen LogP contribution is 2.47. The summed E-state index contributed by atoms with van der Waals surface area (Å²) in [7, 11) is 4.35. The lowest BCUT2D eigenvalue weighted by Gasteiger charge is -2.23. The highest BCUT2D eigenvalue weighted by molar-refractivity contribution is 6.00. The lowest BCUT2D eigenvalue weighted by Crippen LogP contribution is -2.23. The van der Waals surface area contributed by atoms with Crippen LogP contribution in [0.15, 0.2) is 78.2 Å². The summed E-state index contributed by atoms with van der Waals surface area (Å²) in [5.74, 6) is 0. The van der Waals surface area contributed by atoms with Crippen LogP contribution in [0.2, 0.25) is 0 Å². The van der Waals surface area contributed by atoms with Crippen LogP contribution in [0.25, 0.3) is 0 Å². The summed E-state index contributed by atoms with van der Waals surface area (Å²) in [6.07, 6.45) is 15.3. The fourth-order valence-corrected chi connectivity index (χ4v) is 5.33. The van der Waals surface area contributed by atoms with Crippen LogP contribution in [0.3, 0.4) is 0 Å². The van der Waals surface area contributed by atoms with Gasteiger partial charge in [-0.3, -0.25) is 0 Å². The Morgan fingerprint density at radius 1 is 1.06 bits per heavy atom. The maximum Gasteiger partial charge on any atom is 0.205 e. The fourth-order valence-electron chi connectivity index (χ4n) is 5.33. The molecular weight excluding hydrogens is 400 g/mol. The van der Waals surface area contributed by atoms with Gasteiger partial charge in [0, 0.05) is 35.5 Å². The third kappa shape index (κ3) is 4.71. The van der Waals surface area contributed by atoms with Gasteiger partial charge in [0.1, 0.15) is 7.05 Å². The molecule has 1 aromatic carbocycles. The molecule has 2 aliphatic heterocycles. The fraction of sp³-hybridized carbons (Fsp3) is 0.452. The van der Waals surface area contributed by atoms with Crippen LogP contribution in [0.4, 0.5) is 5.69 Å². The van der Waals surface area contributed by atoms with Gasteiger partial charge in [0.2, 0.25) is 5.70 Å². The first kappa shape index (κ1) is 26.6. The first-order valence-electron chi connectivity index (χ1n) is 12.5. The molecule has 0 aromatic heterocycles. The van der Waals surface area contributed by atoms with Gasteiger partial charge in [0.05, 0.1) is 5.41 Å². The van der Waals surface area contributed by atoms with Crippen molar-refractivity contribution in [3.63, 3.8) is 0 Å². The minimum absolute atomic E-state index is 0.0116. The summed E-state index contributed by atoms with van der Waals surface area (Å²) in [4.78, 5) is 2.35. The highest BCUT2D eigenvalue weighted by atomic mass is 15.2. The molecule has 0 bridgehead atoms. The quantitative estimate of drug-likeness (QED) is 0.416. The van der Waals surface area contributed by atoms with Crippen molar-refractivity contribution in [3.05, 3.63) is 89.3 Å². The topological polar surface area (TPSA) is 6.25 Å². The molecule has 0 saturated carbocycles. The molecule has 1 aromatic rings. The van der Waals surface area contributed by atoms with Crippen LogP contribution in [-0.2, 0) is 11.8 Å². The molecule has 2 heteroatoms. The molecule has 2 heterocycles. The summed E-state index contributed by atoms with van der Waals surface area (Å²) in [6.45, 7) is 21.5. The van der Waals surface area contributed by atoms with Crippen LogP contribution in [0.5, 0.6) is 0 Å². The molecule has 178 valence electrons. The van der Waals surface area contributed by atoms with Gasteiger partial charge < -0.3 is 4.90 Å². The van der Waals surface area contributed by atoms with Crippen molar-refractivity contribution in [2.24, 2.45) is 5.41 Å². The van der Waals surface area contributed by atoms with E-state index in [-0.39, 0.29) is 10.8 Å². The molecule has 2 aliphatic rings. The molecule has 0 unspecified atom stereocenters. The van der Waals surface area contributed by atoms with Crippen molar-refractivity contribution in [1.29, 1.82) is 0 Å². The molecule has 0 fully saturated rings. The van der Waals surface area contributed by atoms with Crippen LogP contribution in [0.1, 0.15) is 72.9 Å². The normalized spacial score (nSPS) is 22.4. The Morgan fingerprint density at radius 2 is 1.73 bits per heavy atom. The molecule has 3 rings (SSSR count). The van der Waals surface area contributed by atoms with E-state index >= 15 is 0 Å². The lowest BCUT2D eigenvalue weighted by molar-refractivity contribution is -0.434. The number of fused-ring (bicyclic) bond motifs is 1. The van der Waals surface area contributed by atoms with Crippen molar-refractivity contribution in [2.75, 3.05) is 19.0 Å². The SMILES string of the molecule is C=C/C=C1\C(=C/C)[N+](C)=C(/C=C/C=C2/N(C)c3ccc(CCC)cc3C2(C)C)C1(C)C.CC.